The van der Waals surface area contributed by atoms with Crippen LogP contribution in [-0.4, -0.2) is 24.8 Å². The molecule has 0 spiro atoms. The van der Waals surface area contributed by atoms with Crippen molar-refractivity contribution in [3.8, 4) is 0 Å². The number of halogens is 1. The van der Waals surface area contributed by atoms with E-state index in [4.69, 9.17) is 5.73 Å². The van der Waals surface area contributed by atoms with Crippen LogP contribution in [0.5, 0.6) is 0 Å². The molecule has 6 heteroatoms. The summed E-state index contributed by atoms with van der Waals surface area (Å²) in [4.78, 5) is 12.3. The molecule has 0 radical (unpaired) electrons. The maximum Gasteiger partial charge on any atom is 0.165 e. The van der Waals surface area contributed by atoms with Gasteiger partial charge in [-0.25, -0.2) is 15.0 Å². The largest absolute Gasteiger partial charge is 0.382 e. The van der Waals surface area contributed by atoms with Gasteiger partial charge < -0.3 is 10.3 Å². The van der Waals surface area contributed by atoms with Gasteiger partial charge in [0.2, 0.25) is 0 Å². The average molecular weight is 284 g/mol. The average Bonchev–Trinajstić information content (AvgIpc) is 2.70. The van der Waals surface area contributed by atoms with E-state index in [1.54, 1.807) is 6.33 Å². The van der Waals surface area contributed by atoms with Gasteiger partial charge in [0.15, 0.2) is 11.5 Å². The van der Waals surface area contributed by atoms with Crippen LogP contribution in [0.2, 0.25) is 0 Å². The van der Waals surface area contributed by atoms with Crippen molar-refractivity contribution >= 4 is 32.9 Å². The highest BCUT2D eigenvalue weighted by molar-refractivity contribution is 9.09. The number of anilines is 1. The Balaban J connectivity index is 2.10. The summed E-state index contributed by atoms with van der Waals surface area (Å²) in [5, 5.41) is 1.06. The maximum absolute atomic E-state index is 5.71. The Labute approximate surface area is 102 Å². The number of aromatic nitrogens is 4. The SMILES string of the molecule is Nc1ncnc2c1ncn2CCCCCBr. The molecule has 2 rings (SSSR count). The first-order chi connectivity index (χ1) is 7.83. The Kier molecular flexibility index (Phi) is 3.71. The number of alkyl halides is 1. The second-order valence-electron chi connectivity index (χ2n) is 3.62. The number of hydrogen-bond acceptors (Lipinski definition) is 4. The van der Waals surface area contributed by atoms with Crippen molar-refractivity contribution in [1.82, 2.24) is 19.5 Å². The van der Waals surface area contributed by atoms with E-state index in [1.807, 2.05) is 4.57 Å². The van der Waals surface area contributed by atoms with Crippen LogP contribution in [0.4, 0.5) is 5.82 Å². The zero-order valence-corrected chi connectivity index (χ0v) is 10.5. The summed E-state index contributed by atoms with van der Waals surface area (Å²) in [6, 6.07) is 0. The molecule has 0 unspecified atom stereocenters. The first kappa shape index (κ1) is 11.3. The summed E-state index contributed by atoms with van der Waals surface area (Å²) in [5.41, 5.74) is 7.24. The monoisotopic (exact) mass is 283 g/mol. The van der Waals surface area contributed by atoms with Gasteiger partial charge in [0.1, 0.15) is 11.8 Å². The number of nitrogen functional groups attached to an aromatic ring is 1. The number of imidazole rings is 1. The minimum absolute atomic E-state index is 0.448. The van der Waals surface area contributed by atoms with E-state index in [0.29, 0.717) is 11.3 Å². The van der Waals surface area contributed by atoms with Crippen molar-refractivity contribution in [3.63, 3.8) is 0 Å². The fourth-order valence-electron chi connectivity index (χ4n) is 1.62. The van der Waals surface area contributed by atoms with Crippen LogP contribution in [-0.2, 0) is 6.54 Å². The summed E-state index contributed by atoms with van der Waals surface area (Å²) in [6.45, 7) is 0.931. The van der Waals surface area contributed by atoms with Crippen molar-refractivity contribution < 1.29 is 0 Å². The van der Waals surface area contributed by atoms with Crippen LogP contribution in [0.3, 0.4) is 0 Å². The normalized spacial score (nSPS) is 11.1. The van der Waals surface area contributed by atoms with Gasteiger partial charge in [0.25, 0.3) is 0 Å². The van der Waals surface area contributed by atoms with Gasteiger partial charge in [-0.3, -0.25) is 0 Å². The molecular formula is C10H14BrN5. The van der Waals surface area contributed by atoms with Crippen molar-refractivity contribution in [1.29, 1.82) is 0 Å². The van der Waals surface area contributed by atoms with E-state index in [9.17, 15) is 0 Å². The molecule has 0 saturated heterocycles. The molecule has 86 valence electrons. The lowest BCUT2D eigenvalue weighted by atomic mass is 10.2. The number of fused-ring (bicyclic) bond motifs is 1. The van der Waals surface area contributed by atoms with Crippen LogP contribution in [0.1, 0.15) is 19.3 Å². The van der Waals surface area contributed by atoms with Crippen LogP contribution in [0.15, 0.2) is 12.7 Å². The van der Waals surface area contributed by atoms with E-state index in [0.717, 1.165) is 23.9 Å². The highest BCUT2D eigenvalue weighted by Gasteiger charge is 2.06. The molecule has 0 atom stereocenters. The molecule has 0 bridgehead atoms. The Morgan fingerprint density at radius 3 is 2.88 bits per heavy atom. The summed E-state index contributed by atoms with van der Waals surface area (Å²) >= 11 is 3.42. The van der Waals surface area contributed by atoms with Crippen molar-refractivity contribution in [2.45, 2.75) is 25.8 Å². The van der Waals surface area contributed by atoms with E-state index in [-0.39, 0.29) is 0 Å². The number of rotatable bonds is 5. The molecule has 0 fully saturated rings. The zero-order chi connectivity index (χ0) is 11.4. The maximum atomic E-state index is 5.71. The van der Waals surface area contributed by atoms with Crippen LogP contribution < -0.4 is 5.73 Å². The van der Waals surface area contributed by atoms with Gasteiger partial charge in [0.05, 0.1) is 6.33 Å². The lowest BCUT2D eigenvalue weighted by molar-refractivity contribution is 0.613. The van der Waals surface area contributed by atoms with Crippen LogP contribution in [0, 0.1) is 0 Å². The summed E-state index contributed by atoms with van der Waals surface area (Å²) in [6.07, 6.45) is 6.79. The fourth-order valence-corrected chi connectivity index (χ4v) is 2.01. The Morgan fingerprint density at radius 1 is 1.19 bits per heavy atom. The number of nitrogens with two attached hydrogens (primary N) is 1. The number of unbranched alkanes of at least 4 members (excludes halogenated alkanes) is 2. The molecule has 5 nitrogen and oxygen atoms in total. The molecule has 0 aliphatic rings. The predicted octanol–water partition coefficient (Wildman–Crippen LogP) is 1.97. The quantitative estimate of drug-likeness (QED) is 0.673. The van der Waals surface area contributed by atoms with E-state index in [1.165, 1.54) is 19.2 Å². The van der Waals surface area contributed by atoms with Crippen molar-refractivity contribution in [2.75, 3.05) is 11.1 Å². The third-order valence-electron chi connectivity index (χ3n) is 2.46. The molecule has 0 aromatic carbocycles. The van der Waals surface area contributed by atoms with Gasteiger partial charge in [-0.2, -0.15) is 0 Å². The smallest absolute Gasteiger partial charge is 0.165 e. The molecule has 16 heavy (non-hydrogen) atoms. The van der Waals surface area contributed by atoms with Gasteiger partial charge in [-0.15, -0.1) is 0 Å². The van der Waals surface area contributed by atoms with E-state index in [2.05, 4.69) is 30.9 Å². The summed E-state index contributed by atoms with van der Waals surface area (Å²) in [5.74, 6) is 0.448. The van der Waals surface area contributed by atoms with Gasteiger partial charge in [-0.1, -0.05) is 22.4 Å². The van der Waals surface area contributed by atoms with Gasteiger partial charge >= 0.3 is 0 Å². The first-order valence-corrected chi connectivity index (χ1v) is 6.42. The molecule has 2 aromatic heterocycles. The Bertz CT molecular complexity index is 467. The predicted molar refractivity (Wildman–Crippen MR) is 67.4 cm³/mol. The van der Waals surface area contributed by atoms with Gasteiger partial charge in [0, 0.05) is 11.9 Å². The highest BCUT2D eigenvalue weighted by atomic mass is 79.9. The molecule has 2 aromatic rings. The molecule has 2 heterocycles. The number of nitrogens with zero attached hydrogens (tertiary/aromatic N) is 4. The van der Waals surface area contributed by atoms with E-state index >= 15 is 0 Å². The second-order valence-corrected chi connectivity index (χ2v) is 4.41. The van der Waals surface area contributed by atoms with Crippen molar-refractivity contribution in [2.24, 2.45) is 0 Å². The zero-order valence-electron chi connectivity index (χ0n) is 8.93. The van der Waals surface area contributed by atoms with Gasteiger partial charge in [-0.05, 0) is 12.8 Å². The minimum atomic E-state index is 0.448. The molecular weight excluding hydrogens is 270 g/mol. The lowest BCUT2D eigenvalue weighted by Crippen LogP contribution is -1.99. The highest BCUT2D eigenvalue weighted by Crippen LogP contribution is 2.14. The van der Waals surface area contributed by atoms with Crippen LogP contribution >= 0.6 is 15.9 Å². The van der Waals surface area contributed by atoms with E-state index < -0.39 is 0 Å². The summed E-state index contributed by atoms with van der Waals surface area (Å²) < 4.78 is 2.03. The Morgan fingerprint density at radius 2 is 2.06 bits per heavy atom. The third-order valence-corrected chi connectivity index (χ3v) is 3.02. The molecule has 0 aliphatic carbocycles. The molecule has 0 aliphatic heterocycles. The fraction of sp³-hybridized carbons (Fsp3) is 0.500. The van der Waals surface area contributed by atoms with Crippen molar-refractivity contribution in [3.05, 3.63) is 12.7 Å². The Hall–Kier alpha value is -1.17. The standard InChI is InChI=1S/C10H14BrN5/c11-4-2-1-3-5-16-7-15-8-9(12)13-6-14-10(8)16/h6-7H,1-5H2,(H2,12,13,14). The number of aryl methyl sites for hydroxylation is 1. The number of hydrogen-bond donors (Lipinski definition) is 1. The summed E-state index contributed by atoms with van der Waals surface area (Å²) in [7, 11) is 0. The minimum Gasteiger partial charge on any atom is -0.382 e. The van der Waals surface area contributed by atoms with Crippen LogP contribution in [0.25, 0.3) is 11.2 Å². The topological polar surface area (TPSA) is 69.6 Å². The molecule has 0 amide bonds. The lowest BCUT2D eigenvalue weighted by Gasteiger charge is -2.02. The third kappa shape index (κ3) is 2.32. The second kappa shape index (κ2) is 5.25. The molecule has 2 N–H and O–H groups in total. The molecule has 0 saturated carbocycles. The first-order valence-electron chi connectivity index (χ1n) is 5.30.